The number of nitrogens with zero attached hydrogens (tertiary/aromatic N) is 2. The number of hydrogen-bond acceptors (Lipinski definition) is 3. The summed E-state index contributed by atoms with van der Waals surface area (Å²) in [7, 11) is 0. The number of benzene rings is 1. The number of nitrogens with one attached hydrogen (secondary N) is 1. The highest BCUT2D eigenvalue weighted by Crippen LogP contribution is 2.24. The molecule has 0 aliphatic carbocycles. The lowest BCUT2D eigenvalue weighted by atomic mass is 10.1. The maximum absolute atomic E-state index is 12.8. The predicted octanol–water partition coefficient (Wildman–Crippen LogP) is 1.48. The van der Waals surface area contributed by atoms with Gasteiger partial charge in [-0.25, -0.2) is 9.07 Å². The number of rotatable bonds is 1. The third kappa shape index (κ3) is 1.89. The molecule has 0 radical (unpaired) electrons. The molecule has 0 unspecified atom stereocenters. The van der Waals surface area contributed by atoms with Crippen molar-refractivity contribution in [3.63, 3.8) is 0 Å². The number of aliphatic hydroxyl groups excluding tert-OH is 1. The molecule has 2 N–H and O–H groups in total. The first kappa shape index (κ1) is 10.3. The van der Waals surface area contributed by atoms with Crippen LogP contribution in [0.1, 0.15) is 0 Å². The number of aromatic nitrogens is 2. The van der Waals surface area contributed by atoms with Crippen LogP contribution in [0.25, 0.3) is 11.3 Å². The highest BCUT2D eigenvalue weighted by Gasteiger charge is 2.18. The van der Waals surface area contributed by atoms with Crippen molar-refractivity contribution in [2.24, 2.45) is 0 Å². The van der Waals surface area contributed by atoms with Gasteiger partial charge >= 0.3 is 0 Å². The van der Waals surface area contributed by atoms with Crippen molar-refractivity contribution in [3.8, 4) is 11.3 Å². The van der Waals surface area contributed by atoms with Crippen LogP contribution in [0.2, 0.25) is 0 Å². The van der Waals surface area contributed by atoms with Crippen molar-refractivity contribution in [1.29, 1.82) is 0 Å². The Kier molecular flexibility index (Phi) is 2.33. The van der Waals surface area contributed by atoms with E-state index in [1.807, 2.05) is 6.07 Å². The van der Waals surface area contributed by atoms with Gasteiger partial charge in [0, 0.05) is 18.2 Å². The molecule has 17 heavy (non-hydrogen) atoms. The summed E-state index contributed by atoms with van der Waals surface area (Å²) in [6.45, 7) is 1.03. The highest BCUT2D eigenvalue weighted by molar-refractivity contribution is 5.63. The van der Waals surface area contributed by atoms with Gasteiger partial charge in [-0.05, 0) is 24.3 Å². The molecular weight excluding hydrogens is 221 g/mol. The molecule has 4 nitrogen and oxygen atoms in total. The lowest BCUT2D eigenvalue weighted by Crippen LogP contribution is -2.31. The van der Waals surface area contributed by atoms with Crippen molar-refractivity contribution in [3.05, 3.63) is 36.1 Å². The van der Waals surface area contributed by atoms with Crippen LogP contribution in [-0.4, -0.2) is 27.5 Å². The van der Waals surface area contributed by atoms with Crippen LogP contribution in [0, 0.1) is 5.82 Å². The average Bonchev–Trinajstić information content (AvgIpc) is 2.72. The summed E-state index contributed by atoms with van der Waals surface area (Å²) in [6.07, 6.45) is -0.413. The van der Waals surface area contributed by atoms with Crippen LogP contribution in [0.15, 0.2) is 30.3 Å². The summed E-state index contributed by atoms with van der Waals surface area (Å²) in [4.78, 5) is 0. The minimum absolute atomic E-state index is 0.258. The van der Waals surface area contributed by atoms with E-state index < -0.39 is 6.10 Å². The van der Waals surface area contributed by atoms with Crippen molar-refractivity contribution < 1.29 is 9.50 Å². The maximum Gasteiger partial charge on any atom is 0.125 e. The molecule has 0 saturated carbocycles. The van der Waals surface area contributed by atoms with E-state index in [0.29, 0.717) is 13.1 Å². The Labute approximate surface area is 97.7 Å². The smallest absolute Gasteiger partial charge is 0.125 e. The second-order valence-electron chi connectivity index (χ2n) is 4.14. The lowest BCUT2D eigenvalue weighted by Gasteiger charge is -2.20. The first-order chi connectivity index (χ1) is 8.22. The molecular formula is C12H12FN3O. The standard InChI is InChI=1S/C12H12FN3O/c13-9-3-1-8(2-4-9)11-5-12-14-6-10(17)7-16(12)15-11/h1-5,10,14,17H,6-7H2/t10-/m1/s1. The zero-order valence-electron chi connectivity index (χ0n) is 9.10. The van der Waals surface area contributed by atoms with Crippen molar-refractivity contribution in [2.45, 2.75) is 12.6 Å². The van der Waals surface area contributed by atoms with Gasteiger partial charge in [-0.1, -0.05) is 0 Å². The van der Waals surface area contributed by atoms with Crippen LogP contribution in [0.5, 0.6) is 0 Å². The number of anilines is 1. The van der Waals surface area contributed by atoms with Crippen LogP contribution < -0.4 is 5.32 Å². The van der Waals surface area contributed by atoms with Crippen LogP contribution in [0.4, 0.5) is 10.2 Å². The van der Waals surface area contributed by atoms with Gasteiger partial charge in [-0.15, -0.1) is 0 Å². The van der Waals surface area contributed by atoms with Crippen molar-refractivity contribution in [2.75, 3.05) is 11.9 Å². The first-order valence-corrected chi connectivity index (χ1v) is 5.48. The summed E-state index contributed by atoms with van der Waals surface area (Å²) >= 11 is 0. The summed E-state index contributed by atoms with van der Waals surface area (Å²) in [6, 6.07) is 8.12. The molecule has 0 bridgehead atoms. The predicted molar refractivity (Wildman–Crippen MR) is 62.1 cm³/mol. The Bertz CT molecular complexity index is 535. The minimum atomic E-state index is -0.413. The van der Waals surface area contributed by atoms with Gasteiger partial charge < -0.3 is 10.4 Å². The monoisotopic (exact) mass is 233 g/mol. The molecule has 1 aliphatic rings. The summed E-state index contributed by atoms with van der Waals surface area (Å²) < 4.78 is 14.5. The number of fused-ring (bicyclic) bond motifs is 1. The fourth-order valence-electron chi connectivity index (χ4n) is 1.95. The number of aliphatic hydroxyl groups is 1. The molecule has 88 valence electrons. The van der Waals surface area contributed by atoms with E-state index >= 15 is 0 Å². The summed E-state index contributed by atoms with van der Waals surface area (Å²) in [5, 5.41) is 17.0. The fraction of sp³-hybridized carbons (Fsp3) is 0.250. The Balaban J connectivity index is 1.97. The summed E-state index contributed by atoms with van der Waals surface area (Å²) in [5.74, 6) is 0.626. The summed E-state index contributed by atoms with van der Waals surface area (Å²) in [5.41, 5.74) is 1.64. The Morgan fingerprint density at radius 2 is 2.12 bits per heavy atom. The van der Waals surface area contributed by atoms with E-state index in [9.17, 15) is 9.50 Å². The van der Waals surface area contributed by atoms with Crippen LogP contribution >= 0.6 is 0 Å². The zero-order chi connectivity index (χ0) is 11.8. The van der Waals surface area contributed by atoms with E-state index in [2.05, 4.69) is 10.4 Å². The van der Waals surface area contributed by atoms with Gasteiger partial charge in [-0.2, -0.15) is 5.10 Å². The van der Waals surface area contributed by atoms with Gasteiger partial charge in [0.15, 0.2) is 0 Å². The lowest BCUT2D eigenvalue weighted by molar-refractivity contribution is 0.155. The number of hydrogen-bond donors (Lipinski definition) is 2. The third-order valence-corrected chi connectivity index (χ3v) is 2.82. The molecule has 2 aromatic rings. The van der Waals surface area contributed by atoms with Gasteiger partial charge in [0.05, 0.1) is 18.3 Å². The normalized spacial score (nSPS) is 18.6. The number of halogens is 1. The molecule has 1 aliphatic heterocycles. The Morgan fingerprint density at radius 3 is 2.88 bits per heavy atom. The Morgan fingerprint density at radius 1 is 1.35 bits per heavy atom. The SMILES string of the molecule is O[C@@H]1CNc2cc(-c3ccc(F)cc3)nn2C1. The molecule has 1 aromatic carbocycles. The van der Waals surface area contributed by atoms with Crippen LogP contribution in [-0.2, 0) is 6.54 Å². The fourth-order valence-corrected chi connectivity index (χ4v) is 1.95. The largest absolute Gasteiger partial charge is 0.389 e. The van der Waals surface area contributed by atoms with E-state index in [4.69, 9.17) is 0 Å². The van der Waals surface area contributed by atoms with E-state index in [1.54, 1.807) is 16.8 Å². The number of β-amino-alcohol motifs (C(OH)–C–C–N with tert-alkyl or cyclic N) is 1. The zero-order valence-corrected chi connectivity index (χ0v) is 9.10. The molecule has 0 saturated heterocycles. The molecule has 3 rings (SSSR count). The molecule has 2 heterocycles. The molecule has 1 atom stereocenters. The molecule has 0 spiro atoms. The van der Waals surface area contributed by atoms with Crippen molar-refractivity contribution >= 4 is 5.82 Å². The Hall–Kier alpha value is -1.88. The minimum Gasteiger partial charge on any atom is -0.389 e. The van der Waals surface area contributed by atoms with E-state index in [-0.39, 0.29) is 5.82 Å². The second-order valence-corrected chi connectivity index (χ2v) is 4.14. The van der Waals surface area contributed by atoms with Crippen molar-refractivity contribution in [1.82, 2.24) is 9.78 Å². The molecule has 1 aromatic heterocycles. The van der Waals surface area contributed by atoms with Gasteiger partial charge in [0.1, 0.15) is 11.6 Å². The first-order valence-electron chi connectivity index (χ1n) is 5.48. The van der Waals surface area contributed by atoms with Gasteiger partial charge in [0.25, 0.3) is 0 Å². The van der Waals surface area contributed by atoms with Gasteiger partial charge in [0.2, 0.25) is 0 Å². The molecule has 0 amide bonds. The second kappa shape index (κ2) is 3.85. The molecule has 5 heteroatoms. The highest BCUT2D eigenvalue weighted by atomic mass is 19.1. The average molecular weight is 233 g/mol. The topological polar surface area (TPSA) is 50.1 Å². The maximum atomic E-state index is 12.8. The third-order valence-electron chi connectivity index (χ3n) is 2.82. The van der Waals surface area contributed by atoms with Gasteiger partial charge in [-0.3, -0.25) is 0 Å². The quantitative estimate of drug-likeness (QED) is 0.784. The van der Waals surface area contributed by atoms with E-state index in [0.717, 1.165) is 17.1 Å². The molecule has 0 fully saturated rings. The van der Waals surface area contributed by atoms with Crippen LogP contribution in [0.3, 0.4) is 0 Å². The van der Waals surface area contributed by atoms with E-state index in [1.165, 1.54) is 12.1 Å².